The Balaban J connectivity index is 2.52. The van der Waals surface area contributed by atoms with E-state index in [0.29, 0.717) is 0 Å². The Bertz CT molecular complexity index is 350. The van der Waals surface area contributed by atoms with Gasteiger partial charge in [-0.25, -0.2) is 0 Å². The van der Waals surface area contributed by atoms with Gasteiger partial charge in [0.25, 0.3) is 0 Å². The molecule has 0 atom stereocenters. The average Bonchev–Trinajstić information content (AvgIpc) is 2.51. The molecule has 0 amide bonds. The summed E-state index contributed by atoms with van der Waals surface area (Å²) < 4.78 is 0. The van der Waals surface area contributed by atoms with E-state index in [2.05, 4.69) is 53.8 Å². The molecule has 0 aromatic heterocycles. The molecular formula is C12H18S2Sn. The van der Waals surface area contributed by atoms with Crippen LogP contribution in [0.1, 0.15) is 25.0 Å². The summed E-state index contributed by atoms with van der Waals surface area (Å²) in [5.41, 5.74) is 3.14. The molecule has 0 nitrogen and oxygen atoms in total. The molecule has 2 rings (SSSR count). The molecule has 0 spiro atoms. The number of fused-ring (bicyclic) bond motifs is 1. The van der Waals surface area contributed by atoms with Crippen LogP contribution in [0.5, 0.6) is 0 Å². The van der Waals surface area contributed by atoms with Crippen LogP contribution in [0.3, 0.4) is 0 Å². The predicted octanol–water partition coefficient (Wildman–Crippen LogP) is 4.71. The molecule has 0 aliphatic carbocycles. The van der Waals surface area contributed by atoms with Crippen molar-refractivity contribution < 1.29 is 0 Å². The van der Waals surface area contributed by atoms with Gasteiger partial charge in [-0.1, -0.05) is 0 Å². The van der Waals surface area contributed by atoms with E-state index in [4.69, 9.17) is 0 Å². The minimum absolute atomic E-state index is 1.18. The van der Waals surface area contributed by atoms with Gasteiger partial charge in [0.1, 0.15) is 0 Å². The van der Waals surface area contributed by atoms with E-state index in [0.717, 1.165) is 0 Å². The molecule has 0 fully saturated rings. The summed E-state index contributed by atoms with van der Waals surface area (Å²) in [6.45, 7) is 4.54. The second-order valence-corrected chi connectivity index (χ2v) is 32.5. The Morgan fingerprint density at radius 3 is 1.67 bits per heavy atom. The normalized spacial score (nSPS) is 17.9. The van der Waals surface area contributed by atoms with Gasteiger partial charge in [-0.2, -0.15) is 0 Å². The third-order valence-corrected chi connectivity index (χ3v) is 20.5. The SMILES string of the molecule is CCc1ccc(CC)c2c1[S][Sn]([CH3])([CH3])[S]2. The second kappa shape index (κ2) is 4.53. The van der Waals surface area contributed by atoms with Crippen LogP contribution in [0.2, 0.25) is 9.88 Å². The monoisotopic (exact) mass is 346 g/mol. The summed E-state index contributed by atoms with van der Waals surface area (Å²) in [6.07, 6.45) is 2.36. The Kier molecular flexibility index (Phi) is 3.68. The van der Waals surface area contributed by atoms with Crippen LogP contribution in [0, 0.1) is 0 Å². The van der Waals surface area contributed by atoms with Crippen LogP contribution in [-0.4, -0.2) is 15.6 Å². The summed E-state index contributed by atoms with van der Waals surface area (Å²) >= 11 is -1.84. The number of rotatable bonds is 2. The Labute approximate surface area is 102 Å². The summed E-state index contributed by atoms with van der Waals surface area (Å²) in [5.74, 6) is 0. The molecule has 1 aromatic rings. The van der Waals surface area contributed by atoms with Gasteiger partial charge in [-0.15, -0.1) is 0 Å². The summed E-state index contributed by atoms with van der Waals surface area (Å²) in [6, 6.07) is 4.69. The van der Waals surface area contributed by atoms with Gasteiger partial charge in [0.05, 0.1) is 0 Å². The molecule has 1 aliphatic heterocycles. The van der Waals surface area contributed by atoms with E-state index in [1.165, 1.54) is 12.8 Å². The molecule has 15 heavy (non-hydrogen) atoms. The molecule has 0 bridgehead atoms. The van der Waals surface area contributed by atoms with Gasteiger partial charge in [-0.3, -0.25) is 0 Å². The third-order valence-electron chi connectivity index (χ3n) is 2.73. The zero-order chi connectivity index (χ0) is 11.1. The Hall–Kier alpha value is 0.719. The fraction of sp³-hybridized carbons (Fsp3) is 0.500. The van der Waals surface area contributed by atoms with E-state index in [9.17, 15) is 0 Å². The number of hydrogen-bond donors (Lipinski definition) is 0. The Morgan fingerprint density at radius 2 is 1.33 bits per heavy atom. The van der Waals surface area contributed by atoms with Crippen molar-refractivity contribution in [1.82, 2.24) is 0 Å². The molecule has 0 saturated heterocycles. The van der Waals surface area contributed by atoms with E-state index >= 15 is 0 Å². The fourth-order valence-corrected chi connectivity index (χ4v) is 22.6. The van der Waals surface area contributed by atoms with E-state index < -0.39 is 15.6 Å². The predicted molar refractivity (Wildman–Crippen MR) is 74.4 cm³/mol. The summed E-state index contributed by atoms with van der Waals surface area (Å²) in [5, 5.41) is 0. The average molecular weight is 345 g/mol. The van der Waals surface area contributed by atoms with Crippen LogP contribution in [0.25, 0.3) is 0 Å². The summed E-state index contributed by atoms with van der Waals surface area (Å²) in [7, 11) is 4.49. The Morgan fingerprint density at radius 1 is 0.933 bits per heavy atom. The van der Waals surface area contributed by atoms with Crippen molar-refractivity contribution in [3.8, 4) is 0 Å². The maximum absolute atomic E-state index is 2.53. The van der Waals surface area contributed by atoms with Crippen LogP contribution >= 0.6 is 17.9 Å². The second-order valence-electron chi connectivity index (χ2n) is 4.35. The molecule has 0 radical (unpaired) electrons. The fourth-order valence-electron chi connectivity index (χ4n) is 1.94. The molecule has 1 aromatic carbocycles. The molecule has 0 unspecified atom stereocenters. The summed E-state index contributed by atoms with van der Waals surface area (Å²) in [4.78, 5) is 8.34. The van der Waals surface area contributed by atoms with Crippen molar-refractivity contribution in [3.05, 3.63) is 23.3 Å². The van der Waals surface area contributed by atoms with E-state index in [-0.39, 0.29) is 0 Å². The molecule has 0 saturated carbocycles. The first kappa shape index (κ1) is 12.2. The zero-order valence-corrected chi connectivity index (χ0v) is 14.4. The maximum atomic E-state index is 2.53. The minimum atomic E-state index is -1.84. The van der Waals surface area contributed by atoms with Gasteiger partial charge in [0.2, 0.25) is 0 Å². The van der Waals surface area contributed by atoms with Gasteiger partial charge < -0.3 is 0 Å². The molecule has 0 N–H and O–H groups in total. The quantitative estimate of drug-likeness (QED) is 0.712. The zero-order valence-electron chi connectivity index (χ0n) is 9.89. The number of aryl methyl sites for hydroxylation is 2. The van der Waals surface area contributed by atoms with Crippen molar-refractivity contribution in [2.45, 2.75) is 46.4 Å². The topological polar surface area (TPSA) is 0 Å². The van der Waals surface area contributed by atoms with Crippen molar-refractivity contribution in [2.24, 2.45) is 0 Å². The van der Waals surface area contributed by atoms with Gasteiger partial charge in [-0.05, 0) is 0 Å². The van der Waals surface area contributed by atoms with Crippen molar-refractivity contribution in [1.29, 1.82) is 0 Å². The molecule has 1 heterocycles. The third kappa shape index (κ3) is 2.37. The number of benzene rings is 1. The van der Waals surface area contributed by atoms with Crippen LogP contribution in [0.15, 0.2) is 21.9 Å². The van der Waals surface area contributed by atoms with Crippen molar-refractivity contribution >= 4 is 33.5 Å². The van der Waals surface area contributed by atoms with E-state index in [1.807, 2.05) is 0 Å². The first-order valence-electron chi connectivity index (χ1n) is 5.60. The molecule has 1 aliphatic rings. The van der Waals surface area contributed by atoms with Gasteiger partial charge >= 0.3 is 103 Å². The van der Waals surface area contributed by atoms with E-state index in [1.54, 1.807) is 20.9 Å². The molecule has 3 heteroatoms. The first-order valence-corrected chi connectivity index (χ1v) is 19.9. The standard InChI is InChI=1S/C10H14S2.2CH3.Sn/c1-3-7-5-6-8(4-2)10(12)9(7)11;;;/h5-6,11-12H,3-4H2,1-2H3;2*1H3;/q;;;+2/p-2. The first-order chi connectivity index (χ1) is 7.07. The number of hydrogen-bond acceptors (Lipinski definition) is 2. The molecule has 82 valence electrons. The van der Waals surface area contributed by atoms with Crippen LogP contribution < -0.4 is 0 Å². The van der Waals surface area contributed by atoms with Gasteiger partial charge in [0.15, 0.2) is 0 Å². The van der Waals surface area contributed by atoms with Crippen molar-refractivity contribution in [3.63, 3.8) is 0 Å². The van der Waals surface area contributed by atoms with Gasteiger partial charge in [0, 0.05) is 0 Å². The van der Waals surface area contributed by atoms with Crippen LogP contribution in [-0.2, 0) is 12.8 Å². The van der Waals surface area contributed by atoms with Crippen molar-refractivity contribution in [2.75, 3.05) is 0 Å². The van der Waals surface area contributed by atoms with Crippen LogP contribution in [0.4, 0.5) is 0 Å². The molecular weight excluding hydrogens is 327 g/mol.